The van der Waals surface area contributed by atoms with Crippen LogP contribution in [0.4, 0.5) is 5.82 Å². The molecule has 1 N–H and O–H groups in total. The van der Waals surface area contributed by atoms with Crippen molar-refractivity contribution in [2.45, 2.75) is 32.4 Å². The van der Waals surface area contributed by atoms with Gasteiger partial charge in [-0.2, -0.15) is 5.26 Å². The van der Waals surface area contributed by atoms with Crippen molar-refractivity contribution in [3.8, 4) is 17.6 Å². The molecular formula is C25H24N4O5S2. The number of thioether (sulfide) groups is 1. The van der Waals surface area contributed by atoms with Gasteiger partial charge in [0.1, 0.15) is 21.8 Å². The Morgan fingerprint density at radius 1 is 1.31 bits per heavy atom. The lowest BCUT2D eigenvalue weighted by Crippen LogP contribution is -2.35. The first kappa shape index (κ1) is 24.4. The zero-order chi connectivity index (χ0) is 25.4. The Balaban J connectivity index is 1.48. The van der Waals surface area contributed by atoms with Crippen molar-refractivity contribution in [2.24, 2.45) is 7.05 Å². The van der Waals surface area contributed by atoms with Gasteiger partial charge in [-0.25, -0.2) is 0 Å². The fourth-order valence-electron chi connectivity index (χ4n) is 4.46. The summed E-state index contributed by atoms with van der Waals surface area (Å²) in [5.41, 5.74) is 1.63. The Bertz CT molecular complexity index is 1390. The lowest BCUT2D eigenvalue weighted by atomic mass is 10.0. The van der Waals surface area contributed by atoms with E-state index in [0.29, 0.717) is 57.4 Å². The second-order valence-electron chi connectivity index (χ2n) is 8.71. The fraction of sp³-hybridized carbons (Fsp3) is 0.360. The van der Waals surface area contributed by atoms with Gasteiger partial charge in [0.25, 0.3) is 11.5 Å². The van der Waals surface area contributed by atoms with E-state index < -0.39 is 5.56 Å². The molecule has 3 aliphatic heterocycles. The van der Waals surface area contributed by atoms with E-state index in [4.69, 9.17) is 26.4 Å². The van der Waals surface area contributed by atoms with Crippen molar-refractivity contribution in [1.82, 2.24) is 9.47 Å². The lowest BCUT2D eigenvalue weighted by molar-refractivity contribution is -0.123. The van der Waals surface area contributed by atoms with Gasteiger partial charge < -0.3 is 19.5 Å². The molecule has 0 spiro atoms. The van der Waals surface area contributed by atoms with E-state index >= 15 is 0 Å². The molecule has 1 atom stereocenters. The van der Waals surface area contributed by atoms with E-state index in [-0.39, 0.29) is 24.4 Å². The van der Waals surface area contributed by atoms with Gasteiger partial charge in [0.05, 0.1) is 17.6 Å². The van der Waals surface area contributed by atoms with Gasteiger partial charge in [0.15, 0.2) is 11.5 Å². The quantitative estimate of drug-likeness (QED) is 0.450. The Hall–Kier alpha value is -3.33. The van der Waals surface area contributed by atoms with Gasteiger partial charge in [-0.15, -0.1) is 0 Å². The van der Waals surface area contributed by atoms with E-state index in [2.05, 4.69) is 5.32 Å². The number of benzene rings is 1. The van der Waals surface area contributed by atoms with Crippen molar-refractivity contribution in [2.75, 3.05) is 25.3 Å². The monoisotopic (exact) mass is 524 g/mol. The third-order valence-electron chi connectivity index (χ3n) is 6.46. The molecule has 1 amide bonds. The zero-order valence-corrected chi connectivity index (χ0v) is 21.5. The largest absolute Gasteiger partial charge is 0.454 e. The highest BCUT2D eigenvalue weighted by Crippen LogP contribution is 2.36. The van der Waals surface area contributed by atoms with Gasteiger partial charge in [0.2, 0.25) is 6.79 Å². The maximum atomic E-state index is 13.2. The summed E-state index contributed by atoms with van der Waals surface area (Å²) in [5.74, 6) is 1.65. The minimum Gasteiger partial charge on any atom is -0.454 e. The SMILES string of the molecule is Cc1c(/C=C2/SC(=S)N(CC3CCCO3)C2=O)c(NCc2ccc3c(c2)OCO3)n(C)c(=O)c1C#N. The van der Waals surface area contributed by atoms with Crippen LogP contribution in [0.2, 0.25) is 0 Å². The second-order valence-corrected chi connectivity index (χ2v) is 10.4. The highest BCUT2D eigenvalue weighted by atomic mass is 32.2. The zero-order valence-electron chi connectivity index (χ0n) is 19.8. The number of ether oxygens (including phenoxy) is 3. The van der Waals surface area contributed by atoms with Crippen molar-refractivity contribution < 1.29 is 19.0 Å². The molecule has 5 rings (SSSR count). The number of nitrogens with zero attached hydrogens (tertiary/aromatic N) is 3. The summed E-state index contributed by atoms with van der Waals surface area (Å²) in [6.07, 6.45) is 3.57. The molecule has 4 heterocycles. The first-order valence-electron chi connectivity index (χ1n) is 11.5. The molecule has 0 saturated carbocycles. The molecule has 186 valence electrons. The summed E-state index contributed by atoms with van der Waals surface area (Å²) < 4.78 is 18.4. The van der Waals surface area contributed by atoms with Crippen LogP contribution in [-0.2, 0) is 23.1 Å². The van der Waals surface area contributed by atoms with Gasteiger partial charge in [0, 0.05) is 25.8 Å². The number of anilines is 1. The summed E-state index contributed by atoms with van der Waals surface area (Å²) in [7, 11) is 1.60. The number of hydrogen-bond donors (Lipinski definition) is 1. The molecule has 2 aromatic rings. The molecule has 1 aromatic heterocycles. The number of carbonyl (C=O) groups is 1. The van der Waals surface area contributed by atoms with Crippen LogP contribution in [-0.4, -0.2) is 45.7 Å². The predicted octanol–water partition coefficient (Wildman–Crippen LogP) is 3.29. The first-order chi connectivity index (χ1) is 17.4. The predicted molar refractivity (Wildman–Crippen MR) is 140 cm³/mol. The van der Waals surface area contributed by atoms with Crippen molar-refractivity contribution in [1.29, 1.82) is 5.26 Å². The number of carbonyl (C=O) groups excluding carboxylic acids is 1. The lowest BCUT2D eigenvalue weighted by Gasteiger charge is -2.19. The number of nitriles is 1. The van der Waals surface area contributed by atoms with Crippen LogP contribution in [0.25, 0.3) is 6.08 Å². The molecule has 1 unspecified atom stereocenters. The Kier molecular flexibility index (Phi) is 6.75. The molecule has 9 nitrogen and oxygen atoms in total. The molecular weight excluding hydrogens is 500 g/mol. The van der Waals surface area contributed by atoms with Gasteiger partial charge >= 0.3 is 0 Å². The summed E-state index contributed by atoms with van der Waals surface area (Å²) in [6.45, 7) is 3.40. The number of nitrogens with one attached hydrogen (secondary N) is 1. The summed E-state index contributed by atoms with van der Waals surface area (Å²) in [4.78, 5) is 28.1. The molecule has 3 aliphatic rings. The molecule has 11 heteroatoms. The molecule has 0 radical (unpaired) electrons. The number of pyridine rings is 1. The van der Waals surface area contributed by atoms with E-state index in [1.807, 2.05) is 24.3 Å². The Labute approximate surface area is 217 Å². The molecule has 2 fully saturated rings. The van der Waals surface area contributed by atoms with Crippen molar-refractivity contribution in [3.05, 3.63) is 55.7 Å². The minimum atomic E-state index is -0.411. The van der Waals surface area contributed by atoms with Gasteiger partial charge in [-0.05, 0) is 49.1 Å². The standard InChI is InChI=1S/C25H24N4O5S2/c1-14-17(9-21-24(31)29(25(35)36-21)12-16-4-3-7-32-16)22(28(2)23(30)18(14)10-26)27-11-15-5-6-19-20(8-15)34-13-33-19/h5-6,8-9,16,27H,3-4,7,11-13H2,1-2H3/b21-9+. The minimum absolute atomic E-state index is 0.0183. The van der Waals surface area contributed by atoms with Crippen LogP contribution in [0.1, 0.15) is 35.1 Å². The van der Waals surface area contributed by atoms with Crippen LogP contribution in [0.3, 0.4) is 0 Å². The van der Waals surface area contributed by atoms with Crippen molar-refractivity contribution >= 4 is 46.1 Å². The molecule has 0 bridgehead atoms. The number of thiocarbonyl (C=S) groups is 1. The first-order valence-corrected chi connectivity index (χ1v) is 12.7. The Morgan fingerprint density at radius 3 is 2.86 bits per heavy atom. The van der Waals surface area contributed by atoms with E-state index in [9.17, 15) is 14.9 Å². The number of rotatable bonds is 6. The highest BCUT2D eigenvalue weighted by Gasteiger charge is 2.35. The van der Waals surface area contributed by atoms with Crippen molar-refractivity contribution in [3.63, 3.8) is 0 Å². The second kappa shape index (κ2) is 9.97. The third-order valence-corrected chi connectivity index (χ3v) is 7.83. The van der Waals surface area contributed by atoms with Crippen LogP contribution in [0, 0.1) is 18.3 Å². The third kappa shape index (κ3) is 4.48. The number of amides is 1. The van der Waals surface area contributed by atoms with Gasteiger partial charge in [-0.3, -0.25) is 19.1 Å². The smallest absolute Gasteiger partial charge is 0.270 e. The normalized spacial score (nSPS) is 19.9. The molecule has 36 heavy (non-hydrogen) atoms. The van der Waals surface area contributed by atoms with Crippen LogP contribution in [0.5, 0.6) is 11.5 Å². The average molecular weight is 525 g/mol. The number of fused-ring (bicyclic) bond motifs is 1. The summed E-state index contributed by atoms with van der Waals surface area (Å²) in [6, 6.07) is 7.63. The molecule has 2 saturated heterocycles. The average Bonchev–Trinajstić information content (AvgIpc) is 3.61. The fourth-order valence-corrected chi connectivity index (χ4v) is 5.72. The number of aromatic nitrogens is 1. The Morgan fingerprint density at radius 2 is 2.11 bits per heavy atom. The van der Waals surface area contributed by atoms with E-state index in [1.54, 1.807) is 24.9 Å². The maximum absolute atomic E-state index is 13.2. The summed E-state index contributed by atoms with van der Waals surface area (Å²) in [5, 5.41) is 13.0. The van der Waals surface area contributed by atoms with Crippen LogP contribution < -0.4 is 20.3 Å². The number of hydrogen-bond acceptors (Lipinski definition) is 9. The highest BCUT2D eigenvalue weighted by molar-refractivity contribution is 8.26. The molecule has 0 aliphatic carbocycles. The van der Waals surface area contributed by atoms with Gasteiger partial charge in [-0.1, -0.05) is 30.0 Å². The van der Waals surface area contributed by atoms with Crippen LogP contribution >= 0.6 is 24.0 Å². The van der Waals surface area contributed by atoms with Crippen LogP contribution in [0.15, 0.2) is 27.9 Å². The summed E-state index contributed by atoms with van der Waals surface area (Å²) >= 11 is 6.70. The molecule has 1 aromatic carbocycles. The van der Waals surface area contributed by atoms with E-state index in [1.165, 1.54) is 16.3 Å². The topological polar surface area (TPSA) is 106 Å². The van der Waals surface area contributed by atoms with E-state index in [0.717, 1.165) is 18.4 Å². The maximum Gasteiger partial charge on any atom is 0.270 e.